The molecule has 1 aromatic heterocycles. The van der Waals surface area contributed by atoms with Gasteiger partial charge in [-0.3, -0.25) is 13.9 Å². The molecular formula is C21H21N3O6S. The van der Waals surface area contributed by atoms with Crippen LogP contribution in [0.5, 0.6) is 0 Å². The standard InChI is InChI=1S/C21H21N3O6S/c1-24-19(20(26)15-7-3-4-9-18(15)31(24,28)29)17(25)11-10-14-6-5-8-16(23-14)21(27)22-12-13-30-2/h3-11,26H,12-13H2,1-2H3,(H,22,27). The normalized spacial score (nSPS) is 15.1. The number of ketones is 1. The minimum atomic E-state index is -3.98. The first-order valence-corrected chi connectivity index (χ1v) is 10.7. The molecule has 162 valence electrons. The van der Waals surface area contributed by atoms with Crippen molar-refractivity contribution in [2.75, 3.05) is 27.3 Å². The molecule has 9 nitrogen and oxygen atoms in total. The molecular weight excluding hydrogens is 422 g/mol. The summed E-state index contributed by atoms with van der Waals surface area (Å²) in [7, 11) is -1.26. The van der Waals surface area contributed by atoms with E-state index in [1.807, 2.05) is 0 Å². The predicted octanol–water partition coefficient (Wildman–Crippen LogP) is 1.60. The number of fused-ring (bicyclic) bond motifs is 1. The number of aliphatic hydroxyl groups excluding tert-OH is 1. The third-order valence-corrected chi connectivity index (χ3v) is 6.37. The fourth-order valence-electron chi connectivity index (χ4n) is 2.97. The van der Waals surface area contributed by atoms with Crippen molar-refractivity contribution in [1.82, 2.24) is 14.6 Å². The van der Waals surface area contributed by atoms with Crippen LogP contribution in [0.2, 0.25) is 0 Å². The number of aromatic nitrogens is 1. The molecule has 1 aliphatic heterocycles. The molecule has 0 atom stereocenters. The van der Waals surface area contributed by atoms with Crippen LogP contribution in [-0.2, 0) is 19.6 Å². The molecule has 1 aliphatic rings. The van der Waals surface area contributed by atoms with E-state index in [1.165, 1.54) is 44.5 Å². The number of aliphatic hydroxyl groups is 1. The smallest absolute Gasteiger partial charge is 0.269 e. The number of sulfonamides is 1. The zero-order valence-electron chi connectivity index (χ0n) is 16.9. The molecule has 1 aromatic carbocycles. The molecule has 0 radical (unpaired) electrons. The van der Waals surface area contributed by atoms with E-state index in [9.17, 15) is 23.1 Å². The van der Waals surface area contributed by atoms with Crippen LogP contribution in [0.3, 0.4) is 0 Å². The Morgan fingerprint density at radius 1 is 1.19 bits per heavy atom. The Hall–Kier alpha value is -3.50. The highest BCUT2D eigenvalue weighted by molar-refractivity contribution is 7.89. The quantitative estimate of drug-likeness (QED) is 0.492. The molecule has 1 amide bonds. The number of hydrogen-bond acceptors (Lipinski definition) is 7. The summed E-state index contributed by atoms with van der Waals surface area (Å²) in [5.74, 6) is -1.55. The van der Waals surface area contributed by atoms with Crippen LogP contribution in [-0.4, -0.2) is 61.8 Å². The number of benzene rings is 1. The zero-order chi connectivity index (χ0) is 22.6. The van der Waals surface area contributed by atoms with E-state index >= 15 is 0 Å². The zero-order valence-corrected chi connectivity index (χ0v) is 17.7. The van der Waals surface area contributed by atoms with E-state index in [-0.39, 0.29) is 21.8 Å². The van der Waals surface area contributed by atoms with Gasteiger partial charge < -0.3 is 15.2 Å². The molecule has 0 saturated carbocycles. The topological polar surface area (TPSA) is 126 Å². The Bertz CT molecular complexity index is 1190. The van der Waals surface area contributed by atoms with Gasteiger partial charge in [0, 0.05) is 26.3 Å². The molecule has 10 heteroatoms. The predicted molar refractivity (Wildman–Crippen MR) is 113 cm³/mol. The summed E-state index contributed by atoms with van der Waals surface area (Å²) in [6.45, 7) is 0.684. The Morgan fingerprint density at radius 2 is 1.94 bits per heavy atom. The molecule has 2 heterocycles. The van der Waals surface area contributed by atoms with Gasteiger partial charge in [0.1, 0.15) is 11.4 Å². The number of hydrogen-bond donors (Lipinski definition) is 2. The van der Waals surface area contributed by atoms with Crippen LogP contribution in [0.4, 0.5) is 0 Å². The lowest BCUT2D eigenvalue weighted by molar-refractivity contribution is -0.112. The molecule has 2 N–H and O–H groups in total. The molecule has 2 aromatic rings. The second-order valence-electron chi connectivity index (χ2n) is 6.56. The highest BCUT2D eigenvalue weighted by atomic mass is 32.2. The Kier molecular flexibility index (Phi) is 6.52. The third kappa shape index (κ3) is 4.49. The molecule has 3 rings (SSSR count). The lowest BCUT2D eigenvalue weighted by Gasteiger charge is -2.27. The summed E-state index contributed by atoms with van der Waals surface area (Å²) in [5, 5.41) is 13.2. The molecule has 31 heavy (non-hydrogen) atoms. The Morgan fingerprint density at radius 3 is 2.68 bits per heavy atom. The molecule has 0 bridgehead atoms. The van der Waals surface area contributed by atoms with E-state index in [4.69, 9.17) is 4.74 Å². The molecule has 0 saturated heterocycles. The van der Waals surface area contributed by atoms with E-state index in [2.05, 4.69) is 10.3 Å². The maximum atomic E-state index is 12.8. The minimum Gasteiger partial charge on any atom is -0.505 e. The number of allylic oxidation sites excluding steroid dienone is 1. The van der Waals surface area contributed by atoms with Gasteiger partial charge in [-0.25, -0.2) is 13.4 Å². The number of likely N-dealkylation sites (N-methyl/N-ethyl adjacent to an activating group) is 1. The summed E-state index contributed by atoms with van der Waals surface area (Å²) in [5.41, 5.74) is 0.155. The minimum absolute atomic E-state index is 0.0604. The number of carbonyl (C=O) groups is 2. The van der Waals surface area contributed by atoms with Crippen molar-refractivity contribution in [1.29, 1.82) is 0 Å². The molecule has 0 fully saturated rings. The van der Waals surface area contributed by atoms with Gasteiger partial charge in [0.25, 0.3) is 15.9 Å². The summed E-state index contributed by atoms with van der Waals surface area (Å²) >= 11 is 0. The average Bonchev–Trinajstić information content (AvgIpc) is 2.77. The van der Waals surface area contributed by atoms with Gasteiger partial charge in [-0.05, 0) is 36.4 Å². The van der Waals surface area contributed by atoms with E-state index in [1.54, 1.807) is 18.2 Å². The summed E-state index contributed by atoms with van der Waals surface area (Å²) in [4.78, 5) is 28.9. The van der Waals surface area contributed by atoms with Crippen molar-refractivity contribution in [2.45, 2.75) is 4.90 Å². The van der Waals surface area contributed by atoms with E-state index in [0.717, 1.165) is 10.4 Å². The first-order valence-electron chi connectivity index (χ1n) is 9.25. The summed E-state index contributed by atoms with van der Waals surface area (Å²) in [6, 6.07) is 10.6. The van der Waals surface area contributed by atoms with E-state index in [0.29, 0.717) is 18.8 Å². The van der Waals surface area contributed by atoms with Gasteiger partial charge in [-0.15, -0.1) is 0 Å². The van der Waals surface area contributed by atoms with Crippen molar-refractivity contribution in [3.05, 3.63) is 71.2 Å². The van der Waals surface area contributed by atoms with Gasteiger partial charge in [0.2, 0.25) is 5.78 Å². The first-order chi connectivity index (χ1) is 14.8. The number of amides is 1. The number of ether oxygens (including phenoxy) is 1. The van der Waals surface area contributed by atoms with Crippen LogP contribution in [0.25, 0.3) is 11.8 Å². The van der Waals surface area contributed by atoms with Crippen LogP contribution >= 0.6 is 0 Å². The SMILES string of the molecule is COCCNC(=O)c1cccc(C=CC(=O)C2=C(O)c3ccccc3S(=O)(=O)N2C)n1. The third-order valence-electron chi connectivity index (χ3n) is 4.55. The Labute approximate surface area is 179 Å². The molecule has 0 aliphatic carbocycles. The largest absolute Gasteiger partial charge is 0.505 e. The summed E-state index contributed by atoms with van der Waals surface area (Å²) < 4.78 is 31.0. The van der Waals surface area contributed by atoms with Crippen LogP contribution in [0.1, 0.15) is 21.7 Å². The fraction of sp³-hybridized carbons (Fsp3) is 0.190. The number of carbonyl (C=O) groups excluding carboxylic acids is 2. The van der Waals surface area contributed by atoms with Crippen LogP contribution in [0.15, 0.2) is 59.1 Å². The van der Waals surface area contributed by atoms with Crippen molar-refractivity contribution in [3.63, 3.8) is 0 Å². The van der Waals surface area contributed by atoms with Crippen molar-refractivity contribution >= 4 is 33.5 Å². The number of rotatable bonds is 7. The fourth-order valence-corrected chi connectivity index (χ4v) is 4.38. The van der Waals surface area contributed by atoms with Crippen LogP contribution in [0, 0.1) is 0 Å². The molecule has 0 spiro atoms. The van der Waals surface area contributed by atoms with E-state index < -0.39 is 27.5 Å². The maximum Gasteiger partial charge on any atom is 0.269 e. The highest BCUT2D eigenvalue weighted by Crippen LogP contribution is 2.34. The lowest BCUT2D eigenvalue weighted by Crippen LogP contribution is -2.34. The van der Waals surface area contributed by atoms with Crippen LogP contribution < -0.4 is 5.32 Å². The molecule has 0 unspecified atom stereocenters. The van der Waals surface area contributed by atoms with Gasteiger partial charge in [0.15, 0.2) is 5.76 Å². The lowest BCUT2D eigenvalue weighted by atomic mass is 10.1. The number of nitrogens with one attached hydrogen (secondary N) is 1. The highest BCUT2D eigenvalue weighted by Gasteiger charge is 2.36. The van der Waals surface area contributed by atoms with Gasteiger partial charge in [-0.2, -0.15) is 0 Å². The van der Waals surface area contributed by atoms with Crippen molar-refractivity contribution in [2.24, 2.45) is 0 Å². The second kappa shape index (κ2) is 9.11. The van der Waals surface area contributed by atoms with Gasteiger partial charge in [0.05, 0.1) is 17.2 Å². The monoisotopic (exact) mass is 443 g/mol. The Balaban J connectivity index is 1.86. The maximum absolute atomic E-state index is 12.8. The average molecular weight is 443 g/mol. The van der Waals surface area contributed by atoms with Gasteiger partial charge in [-0.1, -0.05) is 18.2 Å². The van der Waals surface area contributed by atoms with Crippen molar-refractivity contribution < 1.29 is 27.9 Å². The van der Waals surface area contributed by atoms with Crippen molar-refractivity contribution in [3.8, 4) is 0 Å². The number of pyridine rings is 1. The summed E-state index contributed by atoms with van der Waals surface area (Å²) in [6.07, 6.45) is 2.44. The number of nitrogens with zero attached hydrogens (tertiary/aromatic N) is 2. The first kappa shape index (κ1) is 22.2. The number of methoxy groups -OCH3 is 1. The second-order valence-corrected chi connectivity index (χ2v) is 8.50. The van der Waals surface area contributed by atoms with Gasteiger partial charge >= 0.3 is 0 Å².